The van der Waals surface area contributed by atoms with Crippen molar-refractivity contribution in [2.24, 2.45) is 0 Å². The van der Waals surface area contributed by atoms with Gasteiger partial charge in [-0.3, -0.25) is 9.69 Å². The highest BCUT2D eigenvalue weighted by Gasteiger charge is 2.30. The molecule has 0 unspecified atom stereocenters. The highest BCUT2D eigenvalue weighted by atomic mass is 32.1. The lowest BCUT2D eigenvalue weighted by molar-refractivity contribution is -0.118. The molecule has 1 saturated carbocycles. The van der Waals surface area contributed by atoms with E-state index in [1.807, 2.05) is 53.4 Å². The maximum Gasteiger partial charge on any atom is 0.233 e. The topological polar surface area (TPSA) is 64.6 Å². The van der Waals surface area contributed by atoms with Crippen molar-refractivity contribution in [1.82, 2.24) is 10.2 Å². The van der Waals surface area contributed by atoms with Gasteiger partial charge in [0.2, 0.25) is 11.0 Å². The van der Waals surface area contributed by atoms with Gasteiger partial charge in [0, 0.05) is 11.6 Å². The summed E-state index contributed by atoms with van der Waals surface area (Å²) >= 11 is 1.46. The summed E-state index contributed by atoms with van der Waals surface area (Å²) in [6.07, 6.45) is 4.59. The molecule has 0 aliphatic heterocycles. The normalized spacial score (nSPS) is 13.9. The highest BCUT2D eigenvalue weighted by Crippen LogP contribution is 2.34. The number of amides is 1. The smallest absolute Gasteiger partial charge is 0.233 e. The maximum absolute atomic E-state index is 13.3. The number of methoxy groups -OCH3 is 2. The first-order valence-corrected chi connectivity index (χ1v) is 10.9. The molecular formula is C23H25N3O3S. The molecule has 30 heavy (non-hydrogen) atoms. The molecule has 0 radical (unpaired) electrons. The molecule has 1 aliphatic carbocycles. The van der Waals surface area contributed by atoms with Crippen molar-refractivity contribution in [3.63, 3.8) is 0 Å². The van der Waals surface area contributed by atoms with E-state index < -0.39 is 0 Å². The lowest BCUT2D eigenvalue weighted by Gasteiger charge is -2.26. The Balaban J connectivity index is 1.59. The lowest BCUT2D eigenvalue weighted by atomic mass is 10.1. The first-order chi connectivity index (χ1) is 14.7. The number of nitrogens with zero attached hydrogens (tertiary/aromatic N) is 3. The van der Waals surface area contributed by atoms with Crippen LogP contribution in [0, 0.1) is 0 Å². The molecule has 6 nitrogen and oxygen atoms in total. The molecule has 0 spiro atoms. The average Bonchev–Trinajstić information content (AvgIpc) is 3.47. The lowest BCUT2D eigenvalue weighted by Crippen LogP contribution is -2.40. The number of carbonyl (C=O) groups excluding carboxylic acids is 1. The molecule has 0 atom stereocenters. The van der Waals surface area contributed by atoms with E-state index in [4.69, 9.17) is 9.47 Å². The van der Waals surface area contributed by atoms with E-state index in [9.17, 15) is 4.79 Å². The second kappa shape index (κ2) is 9.26. The fraction of sp³-hybridized carbons (Fsp3) is 0.348. The van der Waals surface area contributed by atoms with Crippen LogP contribution in [-0.4, -0.2) is 36.4 Å². The molecule has 1 aliphatic rings. The molecule has 2 aromatic carbocycles. The SMILES string of the molecule is COc1ccc(-c2nnc(N(C(=O)Cc3cccc(OC)c3)C3CCCC3)s2)cc1. The van der Waals surface area contributed by atoms with Crippen molar-refractivity contribution in [2.45, 2.75) is 38.1 Å². The van der Waals surface area contributed by atoms with Crippen molar-refractivity contribution >= 4 is 22.4 Å². The van der Waals surface area contributed by atoms with Crippen LogP contribution < -0.4 is 14.4 Å². The number of rotatable bonds is 7. The third-order valence-electron chi connectivity index (χ3n) is 5.41. The summed E-state index contributed by atoms with van der Waals surface area (Å²) in [7, 11) is 3.28. The Morgan fingerprint density at radius 3 is 2.47 bits per heavy atom. The first-order valence-electron chi connectivity index (χ1n) is 10.1. The summed E-state index contributed by atoms with van der Waals surface area (Å²) in [6.45, 7) is 0. The molecule has 4 rings (SSSR count). The fourth-order valence-electron chi connectivity index (χ4n) is 3.83. The molecule has 0 saturated heterocycles. The minimum absolute atomic E-state index is 0.0487. The third kappa shape index (κ3) is 4.46. The summed E-state index contributed by atoms with van der Waals surface area (Å²) in [5.74, 6) is 1.60. The van der Waals surface area contributed by atoms with E-state index in [0.717, 1.165) is 53.3 Å². The van der Waals surface area contributed by atoms with Gasteiger partial charge in [-0.25, -0.2) is 0 Å². The van der Waals surface area contributed by atoms with E-state index in [-0.39, 0.29) is 11.9 Å². The Labute approximate surface area is 180 Å². The zero-order valence-corrected chi connectivity index (χ0v) is 18.0. The van der Waals surface area contributed by atoms with Crippen LogP contribution in [0.5, 0.6) is 11.5 Å². The molecule has 156 valence electrons. The van der Waals surface area contributed by atoms with E-state index in [0.29, 0.717) is 11.6 Å². The summed E-state index contributed by atoms with van der Waals surface area (Å²) < 4.78 is 10.5. The zero-order chi connectivity index (χ0) is 20.9. The van der Waals surface area contributed by atoms with Crippen LogP contribution in [0.15, 0.2) is 48.5 Å². The van der Waals surface area contributed by atoms with Crippen LogP contribution in [0.4, 0.5) is 5.13 Å². The quantitative estimate of drug-likeness (QED) is 0.549. The van der Waals surface area contributed by atoms with E-state index >= 15 is 0 Å². The van der Waals surface area contributed by atoms with Crippen LogP contribution in [-0.2, 0) is 11.2 Å². The number of carbonyl (C=O) groups is 1. The fourth-order valence-corrected chi connectivity index (χ4v) is 4.77. The zero-order valence-electron chi connectivity index (χ0n) is 17.2. The highest BCUT2D eigenvalue weighted by molar-refractivity contribution is 7.18. The largest absolute Gasteiger partial charge is 0.497 e. The molecule has 1 amide bonds. The van der Waals surface area contributed by atoms with Crippen molar-refractivity contribution < 1.29 is 14.3 Å². The predicted octanol–water partition coefficient (Wildman–Crippen LogP) is 4.74. The number of anilines is 1. The second-order valence-corrected chi connectivity index (χ2v) is 8.30. The van der Waals surface area contributed by atoms with Gasteiger partial charge in [-0.2, -0.15) is 0 Å². The minimum atomic E-state index is 0.0487. The number of hydrogen-bond donors (Lipinski definition) is 0. The van der Waals surface area contributed by atoms with Gasteiger partial charge in [0.15, 0.2) is 0 Å². The standard InChI is InChI=1S/C23H25N3O3S/c1-28-19-12-10-17(11-13-19)22-24-25-23(30-22)26(18-7-3-4-8-18)21(27)15-16-6-5-9-20(14-16)29-2/h5-6,9-14,18H,3-4,7-8,15H2,1-2H3. The van der Waals surface area contributed by atoms with Crippen LogP contribution in [0.1, 0.15) is 31.2 Å². The minimum Gasteiger partial charge on any atom is -0.497 e. The third-order valence-corrected chi connectivity index (χ3v) is 6.38. The Morgan fingerprint density at radius 1 is 1.03 bits per heavy atom. The molecule has 0 bridgehead atoms. The molecule has 1 fully saturated rings. The van der Waals surface area contributed by atoms with E-state index in [1.54, 1.807) is 14.2 Å². The summed E-state index contributed by atoms with van der Waals surface area (Å²) in [6, 6.07) is 15.6. The summed E-state index contributed by atoms with van der Waals surface area (Å²) in [5, 5.41) is 10.2. The van der Waals surface area contributed by atoms with Crippen LogP contribution in [0.25, 0.3) is 10.6 Å². The van der Waals surface area contributed by atoms with Crippen LogP contribution >= 0.6 is 11.3 Å². The molecule has 0 N–H and O–H groups in total. The first kappa shape index (κ1) is 20.3. The molecule has 7 heteroatoms. The summed E-state index contributed by atoms with van der Waals surface area (Å²) in [5.41, 5.74) is 1.90. The van der Waals surface area contributed by atoms with Gasteiger partial charge < -0.3 is 9.47 Å². The van der Waals surface area contributed by atoms with Crippen LogP contribution in [0.2, 0.25) is 0 Å². The van der Waals surface area contributed by atoms with Gasteiger partial charge in [-0.15, -0.1) is 10.2 Å². The average molecular weight is 424 g/mol. The number of aromatic nitrogens is 2. The summed E-state index contributed by atoms with van der Waals surface area (Å²) in [4.78, 5) is 15.2. The van der Waals surface area contributed by atoms with Gasteiger partial charge in [-0.1, -0.05) is 36.3 Å². The van der Waals surface area contributed by atoms with Gasteiger partial charge >= 0.3 is 0 Å². The Bertz CT molecular complexity index is 997. The van der Waals surface area contributed by atoms with Gasteiger partial charge in [0.1, 0.15) is 16.5 Å². The Morgan fingerprint density at radius 2 is 1.77 bits per heavy atom. The van der Waals surface area contributed by atoms with E-state index in [2.05, 4.69) is 10.2 Å². The van der Waals surface area contributed by atoms with Crippen molar-refractivity contribution in [1.29, 1.82) is 0 Å². The van der Waals surface area contributed by atoms with Gasteiger partial charge in [0.25, 0.3) is 0 Å². The number of hydrogen-bond acceptors (Lipinski definition) is 6. The van der Waals surface area contributed by atoms with Gasteiger partial charge in [0.05, 0.1) is 20.6 Å². The van der Waals surface area contributed by atoms with E-state index in [1.165, 1.54) is 11.3 Å². The number of ether oxygens (including phenoxy) is 2. The van der Waals surface area contributed by atoms with Crippen molar-refractivity contribution in [3.8, 4) is 22.1 Å². The molecular weight excluding hydrogens is 398 g/mol. The molecule has 1 aromatic heterocycles. The second-order valence-electron chi connectivity index (χ2n) is 7.35. The molecule has 1 heterocycles. The monoisotopic (exact) mass is 423 g/mol. The Hall–Kier alpha value is -2.93. The maximum atomic E-state index is 13.3. The van der Waals surface area contributed by atoms with Crippen molar-refractivity contribution in [2.75, 3.05) is 19.1 Å². The van der Waals surface area contributed by atoms with Crippen LogP contribution in [0.3, 0.4) is 0 Å². The predicted molar refractivity (Wildman–Crippen MR) is 118 cm³/mol. The number of benzene rings is 2. The van der Waals surface area contributed by atoms with Crippen molar-refractivity contribution in [3.05, 3.63) is 54.1 Å². The Kier molecular flexibility index (Phi) is 6.28. The van der Waals surface area contributed by atoms with Gasteiger partial charge in [-0.05, 0) is 54.8 Å². The molecule has 3 aromatic rings.